The van der Waals surface area contributed by atoms with Crippen LogP contribution in [0.2, 0.25) is 0 Å². The van der Waals surface area contributed by atoms with E-state index in [1.165, 1.54) is 9.90 Å². The van der Waals surface area contributed by atoms with Gasteiger partial charge in [0.15, 0.2) is 0 Å². The smallest absolute Gasteiger partial charge is 0.0769 e. The van der Waals surface area contributed by atoms with Crippen molar-refractivity contribution in [2.45, 2.75) is 16.3 Å². The molecule has 4 heteroatoms. The molecule has 0 saturated heterocycles. The number of rotatable bonds is 1. The summed E-state index contributed by atoms with van der Waals surface area (Å²) in [6.07, 6.45) is 0. The minimum Gasteiger partial charge on any atom is -0.224 e. The van der Waals surface area contributed by atoms with Crippen molar-refractivity contribution in [3.05, 3.63) is 59.0 Å². The standard InChI is InChI=1S/C13H10N2OS/c16-14-15-9-10-5-1-3-7-12(10)17-13-8-4-2-6-11(13)15/h1-8H,9H2. The molecular formula is C13H10N2OS. The van der Waals surface area contributed by atoms with E-state index >= 15 is 0 Å². The first-order chi connectivity index (χ1) is 8.38. The molecular weight excluding hydrogens is 232 g/mol. The average molecular weight is 242 g/mol. The van der Waals surface area contributed by atoms with Gasteiger partial charge in [-0.1, -0.05) is 42.1 Å². The summed E-state index contributed by atoms with van der Waals surface area (Å²) >= 11 is 1.68. The fourth-order valence-corrected chi connectivity index (χ4v) is 3.00. The van der Waals surface area contributed by atoms with E-state index < -0.39 is 0 Å². The monoisotopic (exact) mass is 242 g/mol. The van der Waals surface area contributed by atoms with Crippen LogP contribution < -0.4 is 5.01 Å². The summed E-state index contributed by atoms with van der Waals surface area (Å²) in [5.41, 5.74) is 2.01. The third-order valence-corrected chi connectivity index (χ3v) is 3.94. The van der Waals surface area contributed by atoms with Crippen LogP contribution in [0, 0.1) is 4.91 Å². The van der Waals surface area contributed by atoms with Gasteiger partial charge in [-0.15, -0.1) is 4.91 Å². The Kier molecular flexibility index (Phi) is 2.57. The topological polar surface area (TPSA) is 32.7 Å². The summed E-state index contributed by atoms with van der Waals surface area (Å²) in [4.78, 5) is 13.2. The number of hydrogen-bond donors (Lipinski definition) is 0. The maximum atomic E-state index is 11.0. The Labute approximate surface area is 103 Å². The normalized spacial score (nSPS) is 13.5. The zero-order valence-corrected chi connectivity index (χ0v) is 9.85. The highest BCUT2D eigenvalue weighted by Gasteiger charge is 2.19. The Morgan fingerprint density at radius 2 is 1.71 bits per heavy atom. The lowest BCUT2D eigenvalue weighted by Crippen LogP contribution is -2.14. The fourth-order valence-electron chi connectivity index (χ4n) is 1.93. The lowest BCUT2D eigenvalue weighted by atomic mass is 10.2. The average Bonchev–Trinajstić information content (AvgIpc) is 2.54. The van der Waals surface area contributed by atoms with Crippen LogP contribution in [0.1, 0.15) is 5.56 Å². The van der Waals surface area contributed by atoms with Crippen molar-refractivity contribution in [2.24, 2.45) is 5.29 Å². The van der Waals surface area contributed by atoms with Crippen LogP contribution in [-0.2, 0) is 6.54 Å². The van der Waals surface area contributed by atoms with E-state index in [-0.39, 0.29) is 0 Å². The van der Waals surface area contributed by atoms with Gasteiger partial charge in [0.1, 0.15) is 0 Å². The van der Waals surface area contributed by atoms with E-state index in [9.17, 15) is 4.91 Å². The third-order valence-electron chi connectivity index (χ3n) is 2.75. The van der Waals surface area contributed by atoms with Gasteiger partial charge in [0.05, 0.1) is 17.5 Å². The molecule has 1 aliphatic heterocycles. The minimum absolute atomic E-state index is 0.531. The Morgan fingerprint density at radius 1 is 1.00 bits per heavy atom. The zero-order valence-electron chi connectivity index (χ0n) is 9.04. The summed E-state index contributed by atoms with van der Waals surface area (Å²) < 4.78 is 0. The summed E-state index contributed by atoms with van der Waals surface area (Å²) in [6, 6.07) is 15.9. The molecule has 0 unspecified atom stereocenters. The maximum absolute atomic E-state index is 11.0. The van der Waals surface area contributed by atoms with Crippen molar-refractivity contribution < 1.29 is 0 Å². The number of nitrogens with zero attached hydrogens (tertiary/aromatic N) is 2. The van der Waals surface area contributed by atoms with Crippen molar-refractivity contribution in [1.82, 2.24) is 0 Å². The molecule has 0 radical (unpaired) electrons. The SMILES string of the molecule is O=NN1Cc2ccccc2Sc2ccccc21. The number of nitroso groups, excluding NO2 is 1. The van der Waals surface area contributed by atoms with Crippen LogP contribution in [0.4, 0.5) is 5.69 Å². The van der Waals surface area contributed by atoms with Gasteiger partial charge in [0.25, 0.3) is 0 Å². The molecule has 0 saturated carbocycles. The molecule has 17 heavy (non-hydrogen) atoms. The third kappa shape index (κ3) is 1.80. The Morgan fingerprint density at radius 3 is 2.53 bits per heavy atom. The largest absolute Gasteiger partial charge is 0.224 e. The maximum Gasteiger partial charge on any atom is 0.0769 e. The predicted octanol–water partition coefficient (Wildman–Crippen LogP) is 3.84. The molecule has 3 nitrogen and oxygen atoms in total. The predicted molar refractivity (Wildman–Crippen MR) is 69.0 cm³/mol. The second-order valence-electron chi connectivity index (χ2n) is 3.82. The molecule has 0 bridgehead atoms. The second-order valence-corrected chi connectivity index (χ2v) is 4.90. The molecule has 0 fully saturated rings. The number of anilines is 1. The first-order valence-corrected chi connectivity index (χ1v) is 6.16. The van der Waals surface area contributed by atoms with Gasteiger partial charge in [0, 0.05) is 9.79 Å². The van der Waals surface area contributed by atoms with Gasteiger partial charge < -0.3 is 0 Å². The molecule has 84 valence electrons. The molecule has 0 spiro atoms. The fraction of sp³-hybridized carbons (Fsp3) is 0.0769. The van der Waals surface area contributed by atoms with Gasteiger partial charge in [0.2, 0.25) is 0 Å². The van der Waals surface area contributed by atoms with E-state index in [1.54, 1.807) is 11.8 Å². The number of fused-ring (bicyclic) bond motifs is 2. The summed E-state index contributed by atoms with van der Waals surface area (Å²) in [6.45, 7) is 0.531. The van der Waals surface area contributed by atoms with E-state index in [0.717, 1.165) is 16.1 Å². The Bertz CT molecular complexity index is 571. The van der Waals surface area contributed by atoms with Gasteiger partial charge in [-0.25, -0.2) is 5.01 Å². The van der Waals surface area contributed by atoms with Crippen molar-refractivity contribution in [2.75, 3.05) is 5.01 Å². The molecule has 1 heterocycles. The zero-order chi connectivity index (χ0) is 11.7. The molecule has 2 aromatic carbocycles. The second kappa shape index (κ2) is 4.22. The Balaban J connectivity index is 2.16. The first-order valence-electron chi connectivity index (χ1n) is 5.34. The van der Waals surface area contributed by atoms with Crippen LogP contribution >= 0.6 is 11.8 Å². The van der Waals surface area contributed by atoms with Crippen LogP contribution in [0.5, 0.6) is 0 Å². The number of hydrogen-bond acceptors (Lipinski definition) is 3. The van der Waals surface area contributed by atoms with Gasteiger partial charge in [-0.3, -0.25) is 0 Å². The van der Waals surface area contributed by atoms with Crippen LogP contribution in [-0.4, -0.2) is 0 Å². The quantitative estimate of drug-likeness (QED) is 0.712. The highest BCUT2D eigenvalue weighted by molar-refractivity contribution is 7.99. The number of benzene rings is 2. The van der Waals surface area contributed by atoms with Crippen LogP contribution in [0.15, 0.2) is 63.6 Å². The van der Waals surface area contributed by atoms with Crippen molar-refractivity contribution in [3.8, 4) is 0 Å². The lowest BCUT2D eigenvalue weighted by Gasteiger charge is -2.14. The highest BCUT2D eigenvalue weighted by Crippen LogP contribution is 2.40. The summed E-state index contributed by atoms with van der Waals surface area (Å²) in [5.74, 6) is 0. The van der Waals surface area contributed by atoms with E-state index in [0.29, 0.717) is 6.54 Å². The van der Waals surface area contributed by atoms with E-state index in [1.807, 2.05) is 42.5 Å². The minimum atomic E-state index is 0.531. The Hall–Kier alpha value is -1.81. The van der Waals surface area contributed by atoms with Gasteiger partial charge in [-0.05, 0) is 23.8 Å². The molecule has 3 rings (SSSR count). The summed E-state index contributed by atoms with van der Waals surface area (Å²) in [7, 11) is 0. The van der Waals surface area contributed by atoms with E-state index in [4.69, 9.17) is 0 Å². The lowest BCUT2D eigenvalue weighted by molar-refractivity contribution is 0.830. The van der Waals surface area contributed by atoms with Gasteiger partial charge >= 0.3 is 0 Å². The molecule has 1 aliphatic rings. The molecule has 0 aliphatic carbocycles. The summed E-state index contributed by atoms with van der Waals surface area (Å²) in [5, 5.41) is 4.63. The van der Waals surface area contributed by atoms with Gasteiger partial charge in [-0.2, -0.15) is 0 Å². The highest BCUT2D eigenvalue weighted by atomic mass is 32.2. The van der Waals surface area contributed by atoms with Crippen molar-refractivity contribution in [1.29, 1.82) is 0 Å². The number of para-hydroxylation sites is 1. The molecule has 2 aromatic rings. The molecule has 0 amide bonds. The van der Waals surface area contributed by atoms with Crippen molar-refractivity contribution in [3.63, 3.8) is 0 Å². The van der Waals surface area contributed by atoms with E-state index in [2.05, 4.69) is 11.4 Å². The molecule has 0 N–H and O–H groups in total. The molecule has 0 aromatic heterocycles. The van der Waals surface area contributed by atoms with Crippen LogP contribution in [0.25, 0.3) is 0 Å². The van der Waals surface area contributed by atoms with Crippen molar-refractivity contribution >= 4 is 17.4 Å². The first kappa shape index (κ1) is 10.4. The molecule has 0 atom stereocenters. The van der Waals surface area contributed by atoms with Crippen LogP contribution in [0.3, 0.4) is 0 Å².